The van der Waals surface area contributed by atoms with Crippen LogP contribution in [0.25, 0.3) is 0 Å². The fourth-order valence-electron chi connectivity index (χ4n) is 1.25. The third-order valence-corrected chi connectivity index (χ3v) is 3.03. The van der Waals surface area contributed by atoms with Gasteiger partial charge in [-0.15, -0.1) is 0 Å². The predicted octanol–water partition coefficient (Wildman–Crippen LogP) is 3.51. The highest BCUT2D eigenvalue weighted by atomic mass is 35.5. The molecule has 1 rings (SSSR count). The molecule has 0 aliphatic carbocycles. The number of hydrogen-bond acceptors (Lipinski definition) is 2. The Balaban J connectivity index is 2.52. The molecule has 0 fully saturated rings. The quantitative estimate of drug-likeness (QED) is 0.876. The smallest absolute Gasteiger partial charge is 0.0746 e. The minimum atomic E-state index is -0.176. The molecular formula is C12H17Cl2NO. The van der Waals surface area contributed by atoms with Crippen LogP contribution in [0.2, 0.25) is 10.0 Å². The van der Waals surface area contributed by atoms with Gasteiger partial charge in [-0.25, -0.2) is 0 Å². The zero-order valence-corrected chi connectivity index (χ0v) is 11.3. The van der Waals surface area contributed by atoms with Crippen LogP contribution in [-0.4, -0.2) is 19.3 Å². The van der Waals surface area contributed by atoms with E-state index in [1.54, 1.807) is 13.2 Å². The van der Waals surface area contributed by atoms with Crippen molar-refractivity contribution in [2.24, 2.45) is 0 Å². The van der Waals surface area contributed by atoms with Crippen molar-refractivity contribution >= 4 is 23.2 Å². The summed E-state index contributed by atoms with van der Waals surface area (Å²) in [6.07, 6.45) is 0. The average Bonchev–Trinajstić information content (AvgIpc) is 2.23. The SMILES string of the molecule is COC(C)(C)CNCc1cc(Cl)ccc1Cl. The number of ether oxygens (including phenoxy) is 1. The fraction of sp³-hybridized carbons (Fsp3) is 0.500. The molecule has 90 valence electrons. The Morgan fingerprint density at radius 1 is 1.31 bits per heavy atom. The van der Waals surface area contributed by atoms with E-state index < -0.39 is 0 Å². The summed E-state index contributed by atoms with van der Waals surface area (Å²) < 4.78 is 5.31. The van der Waals surface area contributed by atoms with Crippen LogP contribution in [0.5, 0.6) is 0 Å². The van der Waals surface area contributed by atoms with Crippen LogP contribution in [0.4, 0.5) is 0 Å². The van der Waals surface area contributed by atoms with E-state index >= 15 is 0 Å². The van der Waals surface area contributed by atoms with Gasteiger partial charge < -0.3 is 10.1 Å². The minimum Gasteiger partial charge on any atom is -0.377 e. The van der Waals surface area contributed by atoms with Crippen molar-refractivity contribution < 1.29 is 4.74 Å². The van der Waals surface area contributed by atoms with Crippen LogP contribution in [0.3, 0.4) is 0 Å². The lowest BCUT2D eigenvalue weighted by atomic mass is 10.1. The lowest BCUT2D eigenvalue weighted by molar-refractivity contribution is 0.0231. The standard InChI is InChI=1S/C12H17Cl2NO/c1-12(2,16-3)8-15-7-9-6-10(13)4-5-11(9)14/h4-6,15H,7-8H2,1-3H3. The molecule has 1 aromatic rings. The molecule has 0 unspecified atom stereocenters. The van der Waals surface area contributed by atoms with Crippen LogP contribution in [-0.2, 0) is 11.3 Å². The molecule has 2 nitrogen and oxygen atoms in total. The monoisotopic (exact) mass is 261 g/mol. The van der Waals surface area contributed by atoms with Gasteiger partial charge in [-0.1, -0.05) is 23.2 Å². The predicted molar refractivity (Wildman–Crippen MR) is 69.3 cm³/mol. The van der Waals surface area contributed by atoms with Gasteiger partial charge in [-0.05, 0) is 37.6 Å². The van der Waals surface area contributed by atoms with Gasteiger partial charge in [0.25, 0.3) is 0 Å². The van der Waals surface area contributed by atoms with Gasteiger partial charge in [0.05, 0.1) is 5.60 Å². The Kier molecular flexibility index (Phi) is 5.06. The topological polar surface area (TPSA) is 21.3 Å². The van der Waals surface area contributed by atoms with E-state index in [1.807, 2.05) is 26.0 Å². The summed E-state index contributed by atoms with van der Waals surface area (Å²) in [7, 11) is 1.70. The Bertz CT molecular complexity index is 353. The van der Waals surface area contributed by atoms with E-state index in [4.69, 9.17) is 27.9 Å². The van der Waals surface area contributed by atoms with Crippen LogP contribution < -0.4 is 5.32 Å². The average molecular weight is 262 g/mol. The van der Waals surface area contributed by atoms with Crippen molar-refractivity contribution in [3.63, 3.8) is 0 Å². The number of nitrogens with one attached hydrogen (secondary N) is 1. The summed E-state index contributed by atoms with van der Waals surface area (Å²) in [6, 6.07) is 5.46. The Morgan fingerprint density at radius 3 is 2.62 bits per heavy atom. The largest absolute Gasteiger partial charge is 0.377 e. The van der Waals surface area contributed by atoms with Crippen molar-refractivity contribution in [1.82, 2.24) is 5.32 Å². The summed E-state index contributed by atoms with van der Waals surface area (Å²) >= 11 is 12.0. The zero-order valence-electron chi connectivity index (χ0n) is 9.81. The van der Waals surface area contributed by atoms with E-state index in [0.717, 1.165) is 17.1 Å². The summed E-state index contributed by atoms with van der Waals surface area (Å²) in [5, 5.41) is 4.72. The van der Waals surface area contributed by atoms with Gasteiger partial charge in [-0.2, -0.15) is 0 Å². The van der Waals surface area contributed by atoms with Gasteiger partial charge in [-0.3, -0.25) is 0 Å². The Labute approximate surface area is 107 Å². The third-order valence-electron chi connectivity index (χ3n) is 2.43. The normalized spacial score (nSPS) is 11.8. The molecule has 0 saturated heterocycles. The van der Waals surface area contributed by atoms with Crippen molar-refractivity contribution in [3.05, 3.63) is 33.8 Å². The van der Waals surface area contributed by atoms with E-state index in [0.29, 0.717) is 11.6 Å². The molecule has 1 N–H and O–H groups in total. The van der Waals surface area contributed by atoms with Crippen molar-refractivity contribution in [3.8, 4) is 0 Å². The third kappa shape index (κ3) is 4.30. The first kappa shape index (κ1) is 13.8. The Hall–Kier alpha value is -0.280. The summed E-state index contributed by atoms with van der Waals surface area (Å²) in [5.74, 6) is 0. The first-order valence-corrected chi connectivity index (χ1v) is 5.90. The van der Waals surface area contributed by atoms with Crippen LogP contribution in [0.15, 0.2) is 18.2 Å². The highest BCUT2D eigenvalue weighted by molar-refractivity contribution is 6.33. The molecule has 0 aliphatic rings. The Morgan fingerprint density at radius 2 is 2.00 bits per heavy atom. The van der Waals surface area contributed by atoms with E-state index in [9.17, 15) is 0 Å². The summed E-state index contributed by atoms with van der Waals surface area (Å²) in [4.78, 5) is 0. The summed E-state index contributed by atoms with van der Waals surface area (Å²) in [5.41, 5.74) is 0.825. The molecule has 0 spiro atoms. The number of rotatable bonds is 5. The van der Waals surface area contributed by atoms with Gasteiger partial charge >= 0.3 is 0 Å². The second-order valence-electron chi connectivity index (χ2n) is 4.30. The van der Waals surface area contributed by atoms with Crippen LogP contribution in [0, 0.1) is 0 Å². The first-order valence-electron chi connectivity index (χ1n) is 5.14. The highest BCUT2D eigenvalue weighted by Gasteiger charge is 2.15. The molecule has 0 radical (unpaired) electrons. The van der Waals surface area contributed by atoms with Crippen molar-refractivity contribution in [1.29, 1.82) is 0 Å². The molecule has 4 heteroatoms. The van der Waals surface area contributed by atoms with Gasteiger partial charge in [0.1, 0.15) is 0 Å². The van der Waals surface area contributed by atoms with Gasteiger partial charge in [0, 0.05) is 30.2 Å². The maximum Gasteiger partial charge on any atom is 0.0746 e. The first-order chi connectivity index (χ1) is 7.44. The molecule has 0 heterocycles. The minimum absolute atomic E-state index is 0.176. The molecule has 0 aromatic heterocycles. The number of benzene rings is 1. The van der Waals surface area contributed by atoms with Crippen LogP contribution in [0.1, 0.15) is 19.4 Å². The fourth-order valence-corrected chi connectivity index (χ4v) is 1.63. The molecule has 0 aliphatic heterocycles. The molecule has 0 atom stereocenters. The van der Waals surface area contributed by atoms with Crippen LogP contribution >= 0.6 is 23.2 Å². The molecule has 0 saturated carbocycles. The lowest BCUT2D eigenvalue weighted by Gasteiger charge is -2.23. The number of halogens is 2. The van der Waals surface area contributed by atoms with Gasteiger partial charge in [0.2, 0.25) is 0 Å². The molecular weight excluding hydrogens is 245 g/mol. The second kappa shape index (κ2) is 5.87. The maximum absolute atomic E-state index is 6.05. The molecule has 16 heavy (non-hydrogen) atoms. The second-order valence-corrected chi connectivity index (χ2v) is 5.15. The van der Waals surface area contributed by atoms with E-state index in [-0.39, 0.29) is 5.60 Å². The molecule has 0 amide bonds. The van der Waals surface area contributed by atoms with Crippen molar-refractivity contribution in [2.45, 2.75) is 26.0 Å². The zero-order chi connectivity index (χ0) is 12.2. The van der Waals surface area contributed by atoms with Crippen molar-refractivity contribution in [2.75, 3.05) is 13.7 Å². The van der Waals surface area contributed by atoms with E-state index in [1.165, 1.54) is 0 Å². The molecule has 0 bridgehead atoms. The van der Waals surface area contributed by atoms with Gasteiger partial charge in [0.15, 0.2) is 0 Å². The maximum atomic E-state index is 6.05. The number of hydrogen-bond donors (Lipinski definition) is 1. The lowest BCUT2D eigenvalue weighted by Crippen LogP contribution is -2.36. The molecule has 1 aromatic carbocycles. The van der Waals surface area contributed by atoms with E-state index in [2.05, 4.69) is 5.32 Å². The number of methoxy groups -OCH3 is 1. The summed E-state index contributed by atoms with van der Waals surface area (Å²) in [6.45, 7) is 5.50. The highest BCUT2D eigenvalue weighted by Crippen LogP contribution is 2.20.